The van der Waals surface area contributed by atoms with Crippen LogP contribution in [0.25, 0.3) is 28.0 Å². The minimum atomic E-state index is -2.85. The Labute approximate surface area is 231 Å². The number of nitrogens with zero attached hydrogens (tertiary/aromatic N) is 5. The lowest BCUT2D eigenvalue weighted by Crippen LogP contribution is -2.44. The van der Waals surface area contributed by atoms with Crippen molar-refractivity contribution in [3.8, 4) is 16.9 Å². The number of anilines is 1. The molecule has 2 aromatic heterocycles. The van der Waals surface area contributed by atoms with Crippen LogP contribution in [0.2, 0.25) is 0 Å². The molecule has 7 nitrogen and oxygen atoms in total. The number of piperazine rings is 1. The second-order valence-corrected chi connectivity index (χ2v) is 13.2. The van der Waals surface area contributed by atoms with E-state index in [4.69, 9.17) is 4.98 Å². The maximum Gasteiger partial charge on any atom is 0.152 e. The van der Waals surface area contributed by atoms with Gasteiger partial charge in [0.2, 0.25) is 0 Å². The minimum absolute atomic E-state index is 0.281. The van der Waals surface area contributed by atoms with Crippen molar-refractivity contribution in [1.82, 2.24) is 19.4 Å². The highest BCUT2D eigenvalue weighted by Crippen LogP contribution is 2.30. The highest BCUT2D eigenvalue weighted by atomic mass is 32.2. The summed E-state index contributed by atoms with van der Waals surface area (Å²) < 4.78 is 25.8. The summed E-state index contributed by atoms with van der Waals surface area (Å²) in [5.74, 6) is 0.562. The number of benzene rings is 2. The Morgan fingerprint density at radius 3 is 2.33 bits per heavy atom. The first-order valence-corrected chi connectivity index (χ1v) is 15.8. The quantitative estimate of drug-likeness (QED) is 0.350. The highest BCUT2D eigenvalue weighted by Gasteiger charge is 2.21. The van der Waals surface area contributed by atoms with Crippen LogP contribution in [0.3, 0.4) is 0 Å². The molecule has 2 aromatic carbocycles. The summed E-state index contributed by atoms with van der Waals surface area (Å²) in [6, 6.07) is 23.6. The van der Waals surface area contributed by atoms with E-state index in [0.29, 0.717) is 13.1 Å². The first-order valence-electron chi connectivity index (χ1n) is 14.0. The summed E-state index contributed by atoms with van der Waals surface area (Å²) in [6.07, 6.45) is 4.15. The Kier molecular flexibility index (Phi) is 7.42. The molecule has 2 aliphatic rings. The summed E-state index contributed by atoms with van der Waals surface area (Å²) in [5.41, 5.74) is 6.73. The third-order valence-corrected chi connectivity index (χ3v) is 9.75. The summed E-state index contributed by atoms with van der Waals surface area (Å²) in [4.78, 5) is 12.3. The lowest BCUT2D eigenvalue weighted by atomic mass is 10.1. The maximum absolute atomic E-state index is 11.8. The summed E-state index contributed by atoms with van der Waals surface area (Å²) >= 11 is 0. The van der Waals surface area contributed by atoms with Crippen LogP contribution in [0.4, 0.5) is 5.69 Å². The Balaban J connectivity index is 1.27. The van der Waals surface area contributed by atoms with E-state index in [1.807, 2.05) is 6.07 Å². The average molecular weight is 544 g/mol. The number of rotatable bonds is 7. The standard InChI is InChI=1S/C31H37N5O2S/c1-33-15-17-35(18-16-33)28-11-5-7-25(23-28)30-13-12-29-26(8-6-14-34-19-21-39(37,38)22-20-34)24-36(31(29)32-30)27-9-3-2-4-10-27/h2-5,7,9-13,23-24H,6,8,14-22H2,1H3. The van der Waals surface area contributed by atoms with Crippen LogP contribution in [0, 0.1) is 0 Å². The Morgan fingerprint density at radius 1 is 0.821 bits per heavy atom. The largest absolute Gasteiger partial charge is 0.369 e. The van der Waals surface area contributed by atoms with Crippen molar-refractivity contribution in [3.63, 3.8) is 0 Å². The summed E-state index contributed by atoms with van der Waals surface area (Å²) in [7, 11) is -0.662. The van der Waals surface area contributed by atoms with E-state index >= 15 is 0 Å². The summed E-state index contributed by atoms with van der Waals surface area (Å²) in [5, 5.41) is 1.18. The van der Waals surface area contributed by atoms with Gasteiger partial charge in [0.1, 0.15) is 5.65 Å². The van der Waals surface area contributed by atoms with E-state index < -0.39 is 9.84 Å². The lowest BCUT2D eigenvalue weighted by molar-refractivity contribution is 0.292. The number of pyridine rings is 1. The van der Waals surface area contributed by atoms with Crippen LogP contribution >= 0.6 is 0 Å². The van der Waals surface area contributed by atoms with Crippen molar-refractivity contribution < 1.29 is 8.42 Å². The molecule has 0 radical (unpaired) electrons. The average Bonchev–Trinajstić information content (AvgIpc) is 3.33. The molecule has 2 saturated heterocycles. The molecular weight excluding hydrogens is 506 g/mol. The van der Waals surface area contributed by atoms with Crippen molar-refractivity contribution >= 4 is 26.6 Å². The predicted molar refractivity (Wildman–Crippen MR) is 160 cm³/mol. The normalized spacial score (nSPS) is 18.5. The van der Waals surface area contributed by atoms with Gasteiger partial charge < -0.3 is 19.3 Å². The number of aromatic nitrogens is 2. The first kappa shape index (κ1) is 26.0. The van der Waals surface area contributed by atoms with Crippen molar-refractivity contribution in [2.24, 2.45) is 0 Å². The van der Waals surface area contributed by atoms with Gasteiger partial charge in [0.05, 0.1) is 17.2 Å². The van der Waals surface area contributed by atoms with Gasteiger partial charge in [0, 0.05) is 67.8 Å². The van der Waals surface area contributed by atoms with Crippen molar-refractivity contribution in [1.29, 1.82) is 0 Å². The Hall–Kier alpha value is -3.20. The second kappa shape index (κ2) is 11.1. The molecule has 39 heavy (non-hydrogen) atoms. The number of hydrogen-bond donors (Lipinski definition) is 0. The molecule has 204 valence electrons. The van der Waals surface area contributed by atoms with Gasteiger partial charge in [0.25, 0.3) is 0 Å². The molecule has 2 fully saturated rings. The van der Waals surface area contributed by atoms with Crippen LogP contribution in [-0.4, -0.2) is 92.1 Å². The van der Waals surface area contributed by atoms with Gasteiger partial charge in [-0.05, 0) is 68.4 Å². The fraction of sp³-hybridized carbons (Fsp3) is 0.387. The zero-order valence-corrected chi connectivity index (χ0v) is 23.5. The van der Waals surface area contributed by atoms with E-state index in [9.17, 15) is 8.42 Å². The molecule has 2 aliphatic heterocycles. The second-order valence-electron chi connectivity index (χ2n) is 10.9. The van der Waals surface area contributed by atoms with E-state index in [2.05, 4.69) is 93.2 Å². The molecule has 0 bridgehead atoms. The van der Waals surface area contributed by atoms with E-state index in [1.165, 1.54) is 16.6 Å². The maximum atomic E-state index is 11.8. The van der Waals surface area contributed by atoms with Crippen LogP contribution in [0.5, 0.6) is 0 Å². The van der Waals surface area contributed by atoms with Crippen molar-refractivity contribution in [3.05, 3.63) is 78.5 Å². The topological polar surface area (TPSA) is 61.7 Å². The molecule has 0 N–H and O–H groups in total. The summed E-state index contributed by atoms with van der Waals surface area (Å²) in [6.45, 7) is 6.45. The molecule has 0 aliphatic carbocycles. The number of hydrogen-bond acceptors (Lipinski definition) is 6. The zero-order chi connectivity index (χ0) is 26.8. The number of para-hydroxylation sites is 1. The molecular formula is C31H37N5O2S. The molecule has 0 saturated carbocycles. The van der Waals surface area contributed by atoms with Gasteiger partial charge in [-0.15, -0.1) is 0 Å². The van der Waals surface area contributed by atoms with E-state index in [-0.39, 0.29) is 11.5 Å². The van der Waals surface area contributed by atoms with Crippen LogP contribution in [0.1, 0.15) is 12.0 Å². The van der Waals surface area contributed by atoms with Crippen molar-refractivity contribution in [2.45, 2.75) is 12.8 Å². The predicted octanol–water partition coefficient (Wildman–Crippen LogP) is 4.11. The van der Waals surface area contributed by atoms with Crippen LogP contribution < -0.4 is 4.90 Å². The highest BCUT2D eigenvalue weighted by molar-refractivity contribution is 7.91. The molecule has 6 rings (SSSR count). The monoisotopic (exact) mass is 543 g/mol. The van der Waals surface area contributed by atoms with Gasteiger partial charge >= 0.3 is 0 Å². The van der Waals surface area contributed by atoms with Gasteiger partial charge in [-0.2, -0.15) is 0 Å². The van der Waals surface area contributed by atoms with Crippen LogP contribution in [-0.2, 0) is 16.3 Å². The van der Waals surface area contributed by atoms with E-state index in [0.717, 1.165) is 68.2 Å². The molecule has 4 aromatic rings. The van der Waals surface area contributed by atoms with E-state index in [1.54, 1.807) is 0 Å². The fourth-order valence-corrected chi connectivity index (χ4v) is 6.99. The van der Waals surface area contributed by atoms with Gasteiger partial charge in [-0.1, -0.05) is 30.3 Å². The molecule has 0 amide bonds. The fourth-order valence-electron chi connectivity index (χ4n) is 5.71. The van der Waals surface area contributed by atoms with Gasteiger partial charge in [-0.3, -0.25) is 0 Å². The SMILES string of the molecule is CN1CCN(c2cccc(-c3ccc4c(CCCN5CCS(=O)(=O)CC5)cn(-c5ccccc5)c4n3)c2)CC1. The number of likely N-dealkylation sites (N-methyl/N-ethyl adjacent to an activating group) is 1. The Morgan fingerprint density at radius 2 is 1.56 bits per heavy atom. The zero-order valence-electron chi connectivity index (χ0n) is 22.7. The molecule has 0 unspecified atom stereocenters. The first-order chi connectivity index (χ1) is 18.9. The molecule has 0 spiro atoms. The van der Waals surface area contributed by atoms with Gasteiger partial charge in [0.15, 0.2) is 9.84 Å². The number of fused-ring (bicyclic) bond motifs is 1. The molecule has 0 atom stereocenters. The molecule has 4 heterocycles. The van der Waals surface area contributed by atoms with Crippen molar-refractivity contribution in [2.75, 3.05) is 69.3 Å². The smallest absolute Gasteiger partial charge is 0.152 e. The lowest BCUT2D eigenvalue weighted by Gasteiger charge is -2.34. The molecule has 8 heteroatoms. The number of aryl methyl sites for hydroxylation is 1. The van der Waals surface area contributed by atoms with Crippen LogP contribution in [0.15, 0.2) is 72.9 Å². The van der Waals surface area contributed by atoms with Gasteiger partial charge in [-0.25, -0.2) is 13.4 Å². The third-order valence-electron chi connectivity index (χ3n) is 8.14. The third kappa shape index (κ3) is 5.88. The Bertz CT molecular complexity index is 1530. The minimum Gasteiger partial charge on any atom is -0.369 e. The number of sulfone groups is 1.